The van der Waals surface area contributed by atoms with E-state index in [4.69, 9.17) is 0 Å². The largest absolute Gasteiger partial charge is 0.335 e. The van der Waals surface area contributed by atoms with Gasteiger partial charge >= 0.3 is 0 Å². The lowest BCUT2D eigenvalue weighted by Crippen LogP contribution is -2.30. The Balaban J connectivity index is 1.62. The third kappa shape index (κ3) is 3.01. The SMILES string of the molecule is CC1=CC(=O)CC(n2ncc(C(=O)N(C)C3CCc4ccccc43)c2C)=N1. The molecule has 0 fully saturated rings. The van der Waals surface area contributed by atoms with Gasteiger partial charge in [-0.2, -0.15) is 5.10 Å². The summed E-state index contributed by atoms with van der Waals surface area (Å²) >= 11 is 0. The molecule has 2 aromatic rings. The van der Waals surface area contributed by atoms with Crippen LogP contribution >= 0.6 is 0 Å². The Morgan fingerprint density at radius 1 is 1.26 bits per heavy atom. The van der Waals surface area contributed by atoms with E-state index in [0.29, 0.717) is 22.8 Å². The normalized spacial score (nSPS) is 18.8. The zero-order valence-electron chi connectivity index (χ0n) is 15.8. The fourth-order valence-electron chi connectivity index (χ4n) is 3.99. The number of hydrogen-bond acceptors (Lipinski definition) is 4. The molecule has 2 heterocycles. The molecule has 1 aliphatic heterocycles. The van der Waals surface area contributed by atoms with Crippen LogP contribution in [0.2, 0.25) is 0 Å². The molecule has 4 rings (SSSR count). The van der Waals surface area contributed by atoms with Gasteiger partial charge in [-0.15, -0.1) is 0 Å². The molecule has 1 atom stereocenters. The molecule has 1 aromatic heterocycles. The molecule has 0 N–H and O–H groups in total. The average molecular weight is 362 g/mol. The van der Waals surface area contributed by atoms with E-state index < -0.39 is 0 Å². The number of rotatable bonds is 2. The molecule has 1 amide bonds. The number of nitrogens with zero attached hydrogens (tertiary/aromatic N) is 4. The molecule has 0 bridgehead atoms. The first-order valence-electron chi connectivity index (χ1n) is 9.14. The summed E-state index contributed by atoms with van der Waals surface area (Å²) in [7, 11) is 1.85. The summed E-state index contributed by atoms with van der Waals surface area (Å²) < 4.78 is 1.61. The van der Waals surface area contributed by atoms with Crippen molar-refractivity contribution in [3.8, 4) is 0 Å². The van der Waals surface area contributed by atoms with E-state index in [-0.39, 0.29) is 24.2 Å². The topological polar surface area (TPSA) is 67.6 Å². The van der Waals surface area contributed by atoms with E-state index >= 15 is 0 Å². The number of allylic oxidation sites excluding steroid dienone is 2. The highest BCUT2D eigenvalue weighted by Gasteiger charge is 2.30. The Hall–Kier alpha value is -3.02. The predicted octanol–water partition coefficient (Wildman–Crippen LogP) is 3.07. The average Bonchev–Trinajstić information content (AvgIpc) is 3.23. The summed E-state index contributed by atoms with van der Waals surface area (Å²) in [5.74, 6) is 0.501. The van der Waals surface area contributed by atoms with Gasteiger partial charge in [0.05, 0.1) is 29.9 Å². The minimum Gasteiger partial charge on any atom is -0.335 e. The van der Waals surface area contributed by atoms with Gasteiger partial charge in [0.15, 0.2) is 5.78 Å². The first-order chi connectivity index (χ1) is 13.0. The quantitative estimate of drug-likeness (QED) is 0.824. The van der Waals surface area contributed by atoms with Crippen molar-refractivity contribution in [3.63, 3.8) is 0 Å². The number of aliphatic imine (C=N–C) groups is 1. The maximum atomic E-state index is 13.1. The third-order valence-electron chi connectivity index (χ3n) is 5.38. The van der Waals surface area contributed by atoms with Crippen molar-refractivity contribution in [1.82, 2.24) is 14.7 Å². The lowest BCUT2D eigenvalue weighted by Gasteiger charge is -2.25. The molecule has 1 aromatic carbocycles. The van der Waals surface area contributed by atoms with Crippen LogP contribution in [0.5, 0.6) is 0 Å². The van der Waals surface area contributed by atoms with Gasteiger partial charge in [-0.1, -0.05) is 24.3 Å². The van der Waals surface area contributed by atoms with Crippen LogP contribution in [0.15, 0.2) is 47.2 Å². The second-order valence-corrected chi connectivity index (χ2v) is 7.18. The van der Waals surface area contributed by atoms with Crippen molar-refractivity contribution < 1.29 is 9.59 Å². The Kier molecular flexibility index (Phi) is 4.26. The van der Waals surface area contributed by atoms with Crippen LogP contribution < -0.4 is 0 Å². The van der Waals surface area contributed by atoms with Gasteiger partial charge in [0.2, 0.25) is 0 Å². The van der Waals surface area contributed by atoms with E-state index in [1.807, 2.05) is 26.1 Å². The van der Waals surface area contributed by atoms with Gasteiger partial charge in [-0.05, 0) is 37.8 Å². The van der Waals surface area contributed by atoms with E-state index in [9.17, 15) is 9.59 Å². The smallest absolute Gasteiger partial charge is 0.257 e. The predicted molar refractivity (Wildman–Crippen MR) is 103 cm³/mol. The maximum absolute atomic E-state index is 13.1. The number of amides is 1. The van der Waals surface area contributed by atoms with Gasteiger partial charge in [-0.3, -0.25) is 9.59 Å². The van der Waals surface area contributed by atoms with Crippen molar-refractivity contribution in [2.24, 2.45) is 4.99 Å². The molecule has 0 radical (unpaired) electrons. The van der Waals surface area contributed by atoms with Gasteiger partial charge in [0.25, 0.3) is 5.91 Å². The summed E-state index contributed by atoms with van der Waals surface area (Å²) in [6.45, 7) is 3.63. The molecule has 27 heavy (non-hydrogen) atoms. The number of aromatic nitrogens is 2. The summed E-state index contributed by atoms with van der Waals surface area (Å²) in [6, 6.07) is 8.37. The molecule has 6 heteroatoms. The second kappa shape index (κ2) is 6.61. The van der Waals surface area contributed by atoms with Crippen molar-refractivity contribution in [1.29, 1.82) is 0 Å². The zero-order chi connectivity index (χ0) is 19.1. The highest BCUT2D eigenvalue weighted by atomic mass is 16.2. The van der Waals surface area contributed by atoms with Crippen molar-refractivity contribution in [2.75, 3.05) is 7.05 Å². The molecule has 1 aliphatic carbocycles. The summed E-state index contributed by atoms with van der Waals surface area (Å²) in [5, 5.41) is 4.34. The van der Waals surface area contributed by atoms with Gasteiger partial charge < -0.3 is 4.90 Å². The lowest BCUT2D eigenvalue weighted by atomic mass is 10.1. The van der Waals surface area contributed by atoms with E-state index in [1.165, 1.54) is 17.2 Å². The molecule has 0 saturated heterocycles. The van der Waals surface area contributed by atoms with Crippen LogP contribution in [0, 0.1) is 6.92 Å². The molecular weight excluding hydrogens is 340 g/mol. The van der Waals surface area contributed by atoms with E-state index in [0.717, 1.165) is 12.8 Å². The van der Waals surface area contributed by atoms with Crippen molar-refractivity contribution in [3.05, 3.63) is 64.6 Å². The molecule has 6 nitrogen and oxygen atoms in total. The number of carbonyl (C=O) groups excluding carboxylic acids is 2. The third-order valence-corrected chi connectivity index (χ3v) is 5.38. The molecule has 1 unspecified atom stereocenters. The minimum atomic E-state index is -0.0598. The fraction of sp³-hybridized carbons (Fsp3) is 0.333. The summed E-state index contributed by atoms with van der Waals surface area (Å²) in [6.07, 6.45) is 5.22. The number of aryl methyl sites for hydroxylation is 1. The van der Waals surface area contributed by atoms with Crippen molar-refractivity contribution >= 4 is 17.5 Å². The molecule has 0 spiro atoms. The van der Waals surface area contributed by atoms with Crippen LogP contribution in [0.3, 0.4) is 0 Å². The Morgan fingerprint density at radius 2 is 2.04 bits per heavy atom. The van der Waals surface area contributed by atoms with Gasteiger partial charge in [0, 0.05) is 18.8 Å². The monoisotopic (exact) mass is 362 g/mol. The standard InChI is InChI=1S/C21H22N4O2/c1-13-10-16(26)11-20(23-13)25-14(2)18(12-22-25)21(27)24(3)19-9-8-15-6-4-5-7-17(15)19/h4-7,10,12,19H,8-9,11H2,1-3H3. The first-order valence-corrected chi connectivity index (χ1v) is 9.14. The molecule has 0 saturated carbocycles. The number of ketones is 1. The Bertz CT molecular complexity index is 999. The fourth-order valence-corrected chi connectivity index (χ4v) is 3.99. The Morgan fingerprint density at radius 3 is 2.81 bits per heavy atom. The van der Waals surface area contributed by atoms with E-state index in [1.54, 1.807) is 22.7 Å². The highest BCUT2D eigenvalue weighted by Crippen LogP contribution is 2.35. The first kappa shape index (κ1) is 17.4. The number of fused-ring (bicyclic) bond motifs is 1. The minimum absolute atomic E-state index is 0.0000396. The van der Waals surface area contributed by atoms with Gasteiger partial charge in [-0.25, -0.2) is 9.67 Å². The molecule has 2 aliphatic rings. The van der Waals surface area contributed by atoms with Crippen LogP contribution in [0.1, 0.15) is 53.0 Å². The molecule has 138 valence electrons. The van der Waals surface area contributed by atoms with Gasteiger partial charge in [0.1, 0.15) is 5.84 Å². The lowest BCUT2D eigenvalue weighted by molar-refractivity contribution is -0.113. The second-order valence-electron chi connectivity index (χ2n) is 7.18. The Labute approximate surface area is 158 Å². The number of carbonyl (C=O) groups is 2. The van der Waals surface area contributed by atoms with Crippen LogP contribution in [0.4, 0.5) is 0 Å². The molecular formula is C21H22N4O2. The van der Waals surface area contributed by atoms with Crippen LogP contribution in [0.25, 0.3) is 0 Å². The number of benzene rings is 1. The van der Waals surface area contributed by atoms with Crippen LogP contribution in [-0.2, 0) is 11.2 Å². The maximum Gasteiger partial charge on any atom is 0.257 e. The highest BCUT2D eigenvalue weighted by molar-refractivity contribution is 6.09. The van der Waals surface area contributed by atoms with Crippen LogP contribution in [-0.4, -0.2) is 39.3 Å². The number of hydrogen-bond donors (Lipinski definition) is 0. The van der Waals surface area contributed by atoms with E-state index in [2.05, 4.69) is 22.2 Å². The zero-order valence-corrected chi connectivity index (χ0v) is 15.8. The van der Waals surface area contributed by atoms with Crippen molar-refractivity contribution in [2.45, 2.75) is 39.2 Å². The summed E-state index contributed by atoms with van der Waals surface area (Å²) in [5.41, 5.74) is 4.45. The summed E-state index contributed by atoms with van der Waals surface area (Å²) in [4.78, 5) is 31.2.